The molecule has 0 spiro atoms. The monoisotopic (exact) mass is 363 g/mol. The summed E-state index contributed by atoms with van der Waals surface area (Å²) in [5.41, 5.74) is 0.939. The van der Waals surface area contributed by atoms with Gasteiger partial charge in [0.2, 0.25) is 6.79 Å². The molecule has 1 saturated carbocycles. The molecule has 1 atom stereocenters. The van der Waals surface area contributed by atoms with E-state index in [9.17, 15) is 9.59 Å². The van der Waals surface area contributed by atoms with Crippen molar-refractivity contribution in [1.29, 1.82) is 0 Å². The number of hydrogen-bond donors (Lipinski definition) is 3. The summed E-state index contributed by atoms with van der Waals surface area (Å²) < 4.78 is 10.6. The second kappa shape index (κ2) is 7.82. The number of likely N-dealkylation sites (N-methyl/N-ethyl adjacent to an activating group) is 1. The van der Waals surface area contributed by atoms with Gasteiger partial charge < -0.3 is 25.2 Å². The van der Waals surface area contributed by atoms with E-state index in [-0.39, 0.29) is 37.5 Å². The molecule has 2 aliphatic rings. The van der Waals surface area contributed by atoms with E-state index < -0.39 is 5.97 Å². The number of fused-ring (bicyclic) bond motifs is 1. The molecule has 8 nitrogen and oxygen atoms in total. The van der Waals surface area contributed by atoms with Crippen LogP contribution in [0.5, 0.6) is 11.5 Å². The second-order valence-corrected chi connectivity index (χ2v) is 6.73. The molecule has 142 valence electrons. The van der Waals surface area contributed by atoms with Gasteiger partial charge in [-0.1, -0.05) is 13.0 Å². The summed E-state index contributed by atoms with van der Waals surface area (Å²) in [5, 5.41) is 14.8. The number of carbonyl (C=O) groups is 2. The molecular weight excluding hydrogens is 338 g/mol. The Balaban J connectivity index is 1.44. The highest BCUT2D eigenvalue weighted by atomic mass is 16.7. The number of nitrogens with one attached hydrogen (secondary N) is 2. The summed E-state index contributed by atoms with van der Waals surface area (Å²) in [6, 6.07) is 5.52. The molecule has 1 unspecified atom stereocenters. The molecule has 1 fully saturated rings. The first kappa shape index (κ1) is 18.3. The number of ether oxygens (including phenoxy) is 2. The number of hydrogen-bond acceptors (Lipinski definition) is 5. The zero-order chi connectivity index (χ0) is 18.7. The minimum Gasteiger partial charge on any atom is -0.480 e. The van der Waals surface area contributed by atoms with E-state index in [1.54, 1.807) is 0 Å². The van der Waals surface area contributed by atoms with E-state index in [0.717, 1.165) is 18.4 Å². The summed E-state index contributed by atoms with van der Waals surface area (Å²) in [6.07, 6.45) is 1.54. The zero-order valence-electron chi connectivity index (χ0n) is 15.0. The van der Waals surface area contributed by atoms with Gasteiger partial charge >= 0.3 is 12.0 Å². The third kappa shape index (κ3) is 4.19. The van der Waals surface area contributed by atoms with Gasteiger partial charge in [-0.15, -0.1) is 0 Å². The van der Waals surface area contributed by atoms with Crippen LogP contribution in [-0.2, 0) is 4.79 Å². The zero-order valence-corrected chi connectivity index (χ0v) is 15.0. The molecule has 1 aromatic carbocycles. The Hall–Kier alpha value is -2.48. The fourth-order valence-electron chi connectivity index (χ4n) is 3.37. The van der Waals surface area contributed by atoms with E-state index in [1.165, 1.54) is 0 Å². The Kier molecular flexibility index (Phi) is 5.51. The van der Waals surface area contributed by atoms with Gasteiger partial charge in [0.05, 0.1) is 12.6 Å². The second-order valence-electron chi connectivity index (χ2n) is 6.73. The first-order valence-corrected chi connectivity index (χ1v) is 8.88. The van der Waals surface area contributed by atoms with Gasteiger partial charge in [-0.2, -0.15) is 0 Å². The molecule has 0 radical (unpaired) electrons. The number of nitrogens with zero attached hydrogens (tertiary/aromatic N) is 1. The van der Waals surface area contributed by atoms with Crippen molar-refractivity contribution in [3.63, 3.8) is 0 Å². The molecule has 8 heteroatoms. The maximum absolute atomic E-state index is 12.2. The Morgan fingerprint density at radius 2 is 2.04 bits per heavy atom. The van der Waals surface area contributed by atoms with Gasteiger partial charge in [-0.3, -0.25) is 9.69 Å². The third-order valence-electron chi connectivity index (χ3n) is 4.95. The summed E-state index contributed by atoms with van der Waals surface area (Å²) in [5.74, 6) is 0.586. The molecule has 0 bridgehead atoms. The van der Waals surface area contributed by atoms with Gasteiger partial charge in [0.25, 0.3) is 0 Å². The fourth-order valence-corrected chi connectivity index (χ4v) is 3.37. The Labute approximate surface area is 152 Å². The summed E-state index contributed by atoms with van der Waals surface area (Å²) in [4.78, 5) is 25.0. The van der Waals surface area contributed by atoms with Gasteiger partial charge in [-0.25, -0.2) is 4.79 Å². The standard InChI is InChI=1S/C18H25N3O5/c1-3-21(9-17(22)23)14-7-13(8-14)20-18(24)19-11(2)12-4-5-15-16(6-12)26-10-25-15/h4-6,11,13-14H,3,7-10H2,1-2H3,(H,22,23)(H2,19,20,24). The van der Waals surface area contributed by atoms with Crippen molar-refractivity contribution < 1.29 is 24.2 Å². The number of urea groups is 1. The molecule has 0 saturated heterocycles. The lowest BCUT2D eigenvalue weighted by molar-refractivity contribution is -0.139. The lowest BCUT2D eigenvalue weighted by Gasteiger charge is -2.42. The van der Waals surface area contributed by atoms with Crippen LogP contribution in [0.25, 0.3) is 0 Å². The highest BCUT2D eigenvalue weighted by Gasteiger charge is 2.34. The smallest absolute Gasteiger partial charge is 0.317 e. The van der Waals surface area contributed by atoms with E-state index >= 15 is 0 Å². The van der Waals surface area contributed by atoms with E-state index in [2.05, 4.69) is 10.6 Å². The van der Waals surface area contributed by atoms with Crippen molar-refractivity contribution in [1.82, 2.24) is 15.5 Å². The van der Waals surface area contributed by atoms with Crippen LogP contribution in [0.3, 0.4) is 0 Å². The van der Waals surface area contributed by atoms with E-state index in [0.29, 0.717) is 18.0 Å². The average Bonchev–Trinajstić information content (AvgIpc) is 3.03. The number of rotatable bonds is 7. The van der Waals surface area contributed by atoms with Crippen molar-refractivity contribution >= 4 is 12.0 Å². The van der Waals surface area contributed by atoms with Gasteiger partial charge in [-0.05, 0) is 44.0 Å². The number of carbonyl (C=O) groups excluding carboxylic acids is 1. The van der Waals surface area contributed by atoms with Crippen LogP contribution in [0.4, 0.5) is 4.79 Å². The lowest BCUT2D eigenvalue weighted by atomic mass is 9.85. The summed E-state index contributed by atoms with van der Waals surface area (Å²) >= 11 is 0. The van der Waals surface area contributed by atoms with Crippen molar-refractivity contribution in [2.45, 2.75) is 44.8 Å². The van der Waals surface area contributed by atoms with E-state index in [1.807, 2.05) is 36.9 Å². The van der Waals surface area contributed by atoms with Crippen LogP contribution < -0.4 is 20.1 Å². The summed E-state index contributed by atoms with van der Waals surface area (Å²) in [7, 11) is 0. The van der Waals surface area contributed by atoms with Crippen molar-refractivity contribution in [3.8, 4) is 11.5 Å². The van der Waals surface area contributed by atoms with Crippen LogP contribution in [0.1, 0.15) is 38.3 Å². The number of amides is 2. The molecule has 1 aliphatic heterocycles. The van der Waals surface area contributed by atoms with Crippen LogP contribution >= 0.6 is 0 Å². The highest BCUT2D eigenvalue weighted by Crippen LogP contribution is 2.34. The Bertz CT molecular complexity index is 675. The number of carboxylic acid groups (broad SMARTS) is 1. The highest BCUT2D eigenvalue weighted by molar-refractivity contribution is 5.75. The number of carboxylic acids is 1. The molecule has 1 heterocycles. The minimum absolute atomic E-state index is 0.0429. The maximum Gasteiger partial charge on any atom is 0.317 e. The first-order valence-electron chi connectivity index (χ1n) is 8.88. The normalized spacial score (nSPS) is 21.8. The third-order valence-corrected chi connectivity index (χ3v) is 4.95. The van der Waals surface area contributed by atoms with Crippen LogP contribution in [0.2, 0.25) is 0 Å². The minimum atomic E-state index is -0.821. The Morgan fingerprint density at radius 1 is 1.31 bits per heavy atom. The number of aliphatic carboxylic acids is 1. The molecule has 1 aromatic rings. The first-order chi connectivity index (χ1) is 12.5. The summed E-state index contributed by atoms with van der Waals surface area (Å²) in [6.45, 7) is 4.81. The van der Waals surface area contributed by atoms with Crippen molar-refractivity contribution in [2.75, 3.05) is 19.9 Å². The van der Waals surface area contributed by atoms with Crippen molar-refractivity contribution in [2.24, 2.45) is 0 Å². The van der Waals surface area contributed by atoms with Gasteiger partial charge in [0.15, 0.2) is 11.5 Å². The average molecular weight is 363 g/mol. The predicted octanol–water partition coefficient (Wildman–Crippen LogP) is 1.71. The fraction of sp³-hybridized carbons (Fsp3) is 0.556. The molecular formula is C18H25N3O5. The van der Waals surface area contributed by atoms with Crippen LogP contribution in [0, 0.1) is 0 Å². The largest absolute Gasteiger partial charge is 0.480 e. The SMILES string of the molecule is CCN(CC(=O)O)C1CC(NC(=O)NC(C)c2ccc3c(c2)OCO3)C1. The van der Waals surface area contributed by atoms with Gasteiger partial charge in [0.1, 0.15) is 0 Å². The topological polar surface area (TPSA) is 100 Å². The maximum atomic E-state index is 12.2. The Morgan fingerprint density at radius 3 is 2.73 bits per heavy atom. The number of benzene rings is 1. The molecule has 3 rings (SSSR count). The molecule has 26 heavy (non-hydrogen) atoms. The van der Waals surface area contributed by atoms with Crippen molar-refractivity contribution in [3.05, 3.63) is 23.8 Å². The molecule has 2 amide bonds. The molecule has 1 aliphatic carbocycles. The van der Waals surface area contributed by atoms with Crippen LogP contribution in [0.15, 0.2) is 18.2 Å². The quantitative estimate of drug-likeness (QED) is 0.682. The molecule has 0 aromatic heterocycles. The predicted molar refractivity (Wildman–Crippen MR) is 94.3 cm³/mol. The lowest BCUT2D eigenvalue weighted by Crippen LogP contribution is -2.56. The van der Waals surface area contributed by atoms with Gasteiger partial charge in [0, 0.05) is 12.1 Å². The molecule has 3 N–H and O–H groups in total. The van der Waals surface area contributed by atoms with E-state index in [4.69, 9.17) is 14.6 Å². The van der Waals surface area contributed by atoms with Crippen LogP contribution in [-0.4, -0.2) is 54.0 Å².